The molecule has 0 spiro atoms. The molecule has 0 aromatic carbocycles. The molecule has 0 aromatic rings. The van der Waals surface area contributed by atoms with Gasteiger partial charge in [-0.15, -0.1) is 0 Å². The number of nitrogens with zero attached hydrogens (tertiary/aromatic N) is 2. The third-order valence-corrected chi connectivity index (χ3v) is 5.45. The summed E-state index contributed by atoms with van der Waals surface area (Å²) in [5.74, 6) is 1.30. The lowest BCUT2D eigenvalue weighted by molar-refractivity contribution is -0.138. The summed E-state index contributed by atoms with van der Waals surface area (Å²) in [6, 6.07) is 2.55. The molecule has 1 amide bonds. The van der Waals surface area contributed by atoms with Crippen molar-refractivity contribution in [1.82, 2.24) is 4.90 Å². The molecule has 0 N–H and O–H groups in total. The van der Waals surface area contributed by atoms with Crippen molar-refractivity contribution < 1.29 is 4.79 Å². The summed E-state index contributed by atoms with van der Waals surface area (Å²) in [7, 11) is 0. The van der Waals surface area contributed by atoms with Crippen LogP contribution in [-0.2, 0) is 4.79 Å². The lowest BCUT2D eigenvalue weighted by atomic mass is 9.79. The van der Waals surface area contributed by atoms with Crippen molar-refractivity contribution in [2.75, 3.05) is 6.54 Å². The Morgan fingerprint density at radius 1 is 1.14 bits per heavy atom. The van der Waals surface area contributed by atoms with Crippen LogP contribution in [0.25, 0.3) is 0 Å². The monoisotopic (exact) mass is 290 g/mol. The van der Waals surface area contributed by atoms with Crippen LogP contribution < -0.4 is 0 Å². The molecule has 0 atom stereocenters. The fourth-order valence-corrected chi connectivity index (χ4v) is 4.10. The van der Waals surface area contributed by atoms with Gasteiger partial charge in [-0.05, 0) is 44.4 Å². The highest BCUT2D eigenvalue weighted by Gasteiger charge is 2.33. The predicted octanol–water partition coefficient (Wildman–Crippen LogP) is 4.28. The van der Waals surface area contributed by atoms with E-state index in [1.165, 1.54) is 44.9 Å². The Labute approximate surface area is 129 Å². The van der Waals surface area contributed by atoms with Gasteiger partial charge < -0.3 is 4.90 Å². The Balaban J connectivity index is 1.85. The molecule has 2 aliphatic rings. The van der Waals surface area contributed by atoms with Gasteiger partial charge in [0.2, 0.25) is 5.91 Å². The average molecular weight is 290 g/mol. The van der Waals surface area contributed by atoms with E-state index in [0.717, 1.165) is 31.6 Å². The van der Waals surface area contributed by atoms with Crippen LogP contribution in [0.5, 0.6) is 0 Å². The van der Waals surface area contributed by atoms with Crippen LogP contribution in [0.2, 0.25) is 0 Å². The van der Waals surface area contributed by atoms with E-state index in [4.69, 9.17) is 5.26 Å². The molecule has 2 fully saturated rings. The zero-order chi connectivity index (χ0) is 15.1. The van der Waals surface area contributed by atoms with Gasteiger partial charge in [-0.2, -0.15) is 5.26 Å². The topological polar surface area (TPSA) is 44.1 Å². The first kappa shape index (κ1) is 16.3. The minimum atomic E-state index is 0.192. The molecule has 0 heterocycles. The fourth-order valence-electron chi connectivity index (χ4n) is 4.10. The standard InChI is InChI=1S/C18H30N2O/c1-2-3-6-15-9-11-16(12-10-15)18(21)20(14-13-19)17-7-4-5-8-17/h15-17H,2-12,14H2,1H3. The maximum atomic E-state index is 12.8. The summed E-state index contributed by atoms with van der Waals surface area (Å²) in [6.07, 6.45) is 13.1. The predicted molar refractivity (Wildman–Crippen MR) is 84.6 cm³/mol. The maximum Gasteiger partial charge on any atom is 0.226 e. The van der Waals surface area contributed by atoms with E-state index < -0.39 is 0 Å². The van der Waals surface area contributed by atoms with E-state index in [9.17, 15) is 4.79 Å². The fraction of sp³-hybridized carbons (Fsp3) is 0.889. The van der Waals surface area contributed by atoms with Gasteiger partial charge in [0, 0.05) is 12.0 Å². The highest BCUT2D eigenvalue weighted by atomic mass is 16.2. The van der Waals surface area contributed by atoms with Gasteiger partial charge in [-0.25, -0.2) is 0 Å². The smallest absolute Gasteiger partial charge is 0.226 e. The van der Waals surface area contributed by atoms with Crippen molar-refractivity contribution in [1.29, 1.82) is 5.26 Å². The Morgan fingerprint density at radius 2 is 1.81 bits per heavy atom. The van der Waals surface area contributed by atoms with Gasteiger partial charge in [0.05, 0.1) is 6.07 Å². The zero-order valence-corrected chi connectivity index (χ0v) is 13.5. The summed E-state index contributed by atoms with van der Waals surface area (Å²) in [4.78, 5) is 14.7. The number of rotatable bonds is 6. The average Bonchev–Trinajstić information content (AvgIpc) is 3.04. The highest BCUT2D eigenvalue weighted by Crippen LogP contribution is 2.34. The van der Waals surface area contributed by atoms with Crippen molar-refractivity contribution in [3.63, 3.8) is 0 Å². The van der Waals surface area contributed by atoms with Crippen LogP contribution in [0.4, 0.5) is 0 Å². The molecule has 3 heteroatoms. The molecule has 3 nitrogen and oxygen atoms in total. The summed E-state index contributed by atoms with van der Waals surface area (Å²) >= 11 is 0. The Kier molecular flexibility index (Phi) is 6.54. The third-order valence-electron chi connectivity index (χ3n) is 5.45. The zero-order valence-electron chi connectivity index (χ0n) is 13.5. The molecule has 0 saturated heterocycles. The second-order valence-electron chi connectivity index (χ2n) is 6.92. The van der Waals surface area contributed by atoms with E-state index in [1.54, 1.807) is 0 Å². The summed E-state index contributed by atoms with van der Waals surface area (Å²) in [5.41, 5.74) is 0. The van der Waals surface area contributed by atoms with Gasteiger partial charge in [0.25, 0.3) is 0 Å². The van der Waals surface area contributed by atoms with E-state index in [-0.39, 0.29) is 11.8 Å². The van der Waals surface area contributed by atoms with Crippen LogP contribution in [-0.4, -0.2) is 23.4 Å². The summed E-state index contributed by atoms with van der Waals surface area (Å²) in [5, 5.41) is 9.04. The number of hydrogen-bond donors (Lipinski definition) is 0. The number of carbonyl (C=O) groups is 1. The quantitative estimate of drug-likeness (QED) is 0.685. The molecule has 118 valence electrons. The number of carbonyl (C=O) groups excluding carboxylic acids is 1. The number of amides is 1. The Bertz CT molecular complexity index is 360. The van der Waals surface area contributed by atoms with E-state index in [0.29, 0.717) is 12.6 Å². The third kappa shape index (κ3) is 4.46. The van der Waals surface area contributed by atoms with Crippen molar-refractivity contribution in [3.05, 3.63) is 0 Å². The second kappa shape index (κ2) is 8.41. The molecular formula is C18H30N2O. The van der Waals surface area contributed by atoms with Gasteiger partial charge in [-0.3, -0.25) is 4.79 Å². The molecule has 0 bridgehead atoms. The molecule has 0 radical (unpaired) electrons. The second-order valence-corrected chi connectivity index (χ2v) is 6.92. The minimum Gasteiger partial charge on any atom is -0.326 e. The van der Waals surface area contributed by atoms with Crippen molar-refractivity contribution >= 4 is 5.91 Å². The van der Waals surface area contributed by atoms with E-state index in [1.807, 2.05) is 4.90 Å². The van der Waals surface area contributed by atoms with E-state index >= 15 is 0 Å². The normalized spacial score (nSPS) is 26.5. The molecule has 2 aliphatic carbocycles. The minimum absolute atomic E-state index is 0.192. The van der Waals surface area contributed by atoms with Crippen molar-refractivity contribution in [2.45, 2.75) is 83.6 Å². The van der Waals surface area contributed by atoms with Crippen LogP contribution >= 0.6 is 0 Å². The molecule has 0 aromatic heterocycles. The molecule has 0 aliphatic heterocycles. The molecule has 2 saturated carbocycles. The van der Waals surface area contributed by atoms with Crippen molar-refractivity contribution in [2.24, 2.45) is 11.8 Å². The van der Waals surface area contributed by atoms with E-state index in [2.05, 4.69) is 13.0 Å². The lowest BCUT2D eigenvalue weighted by Crippen LogP contribution is -2.43. The van der Waals surface area contributed by atoms with Gasteiger partial charge >= 0.3 is 0 Å². The first-order valence-corrected chi connectivity index (χ1v) is 8.93. The maximum absolute atomic E-state index is 12.8. The largest absolute Gasteiger partial charge is 0.326 e. The molecule has 21 heavy (non-hydrogen) atoms. The summed E-state index contributed by atoms with van der Waals surface area (Å²) < 4.78 is 0. The lowest BCUT2D eigenvalue weighted by Gasteiger charge is -2.34. The number of unbranched alkanes of at least 4 members (excludes halogenated alkanes) is 1. The van der Waals surface area contributed by atoms with Gasteiger partial charge in [0.15, 0.2) is 0 Å². The number of nitriles is 1. The Morgan fingerprint density at radius 3 is 2.38 bits per heavy atom. The van der Waals surface area contributed by atoms with Crippen LogP contribution in [0, 0.1) is 23.2 Å². The Hall–Kier alpha value is -1.04. The molecule has 2 rings (SSSR count). The summed E-state index contributed by atoms with van der Waals surface area (Å²) in [6.45, 7) is 2.54. The SMILES string of the molecule is CCCCC1CCC(C(=O)N(CC#N)C2CCCC2)CC1. The van der Waals surface area contributed by atoms with Crippen molar-refractivity contribution in [3.8, 4) is 6.07 Å². The van der Waals surface area contributed by atoms with Gasteiger partial charge in [-0.1, -0.05) is 39.0 Å². The molecule has 0 unspecified atom stereocenters. The first-order chi connectivity index (χ1) is 10.3. The number of hydrogen-bond acceptors (Lipinski definition) is 2. The van der Waals surface area contributed by atoms with Gasteiger partial charge in [0.1, 0.15) is 6.54 Å². The highest BCUT2D eigenvalue weighted by molar-refractivity contribution is 5.79. The van der Waals surface area contributed by atoms with Crippen LogP contribution in [0.3, 0.4) is 0 Å². The van der Waals surface area contributed by atoms with Crippen LogP contribution in [0.15, 0.2) is 0 Å². The van der Waals surface area contributed by atoms with Crippen LogP contribution in [0.1, 0.15) is 77.6 Å². The first-order valence-electron chi connectivity index (χ1n) is 8.93. The molecular weight excluding hydrogens is 260 g/mol.